The first-order chi connectivity index (χ1) is 7.67. The molecule has 0 aliphatic carbocycles. The fourth-order valence-corrected chi connectivity index (χ4v) is 2.12. The molecule has 96 valence electrons. The lowest BCUT2D eigenvalue weighted by molar-refractivity contribution is -0.152. The average Bonchev–Trinajstić information content (AvgIpc) is 2.26. The second kappa shape index (κ2) is 9.97. The van der Waals surface area contributed by atoms with Gasteiger partial charge in [0.05, 0.1) is 18.6 Å². The third kappa shape index (κ3) is 6.38. The lowest BCUT2D eigenvalue weighted by atomic mass is 9.94. The Labute approximate surface area is 103 Å². The van der Waals surface area contributed by atoms with Crippen LogP contribution in [0.1, 0.15) is 39.5 Å². The minimum atomic E-state index is -0.550. The molecule has 0 spiro atoms. The minimum absolute atomic E-state index is 0.249. The highest BCUT2D eigenvalue weighted by Crippen LogP contribution is 2.18. The van der Waals surface area contributed by atoms with Gasteiger partial charge in [-0.1, -0.05) is 13.3 Å². The number of aliphatic hydroxyl groups is 1. The number of aliphatic hydroxyl groups excluding tert-OH is 1. The summed E-state index contributed by atoms with van der Waals surface area (Å²) in [6, 6.07) is 0. The molecule has 0 saturated heterocycles. The van der Waals surface area contributed by atoms with Gasteiger partial charge in [0.15, 0.2) is 0 Å². The van der Waals surface area contributed by atoms with E-state index < -0.39 is 6.10 Å². The Balaban J connectivity index is 4.11. The summed E-state index contributed by atoms with van der Waals surface area (Å²) in [6.45, 7) is 4.19. The predicted octanol–water partition coefficient (Wildman–Crippen LogP) is 2.47. The fraction of sp³-hybridized carbons (Fsp3) is 0.917. The van der Waals surface area contributed by atoms with Gasteiger partial charge in [0.1, 0.15) is 0 Å². The number of carbonyl (C=O) groups excluding carboxylic acids is 1. The van der Waals surface area contributed by atoms with Crippen molar-refractivity contribution in [1.29, 1.82) is 0 Å². The van der Waals surface area contributed by atoms with Crippen molar-refractivity contribution in [3.8, 4) is 0 Å². The topological polar surface area (TPSA) is 46.5 Å². The molecule has 2 atom stereocenters. The van der Waals surface area contributed by atoms with Crippen LogP contribution >= 0.6 is 11.8 Å². The quantitative estimate of drug-likeness (QED) is 0.503. The van der Waals surface area contributed by atoms with Gasteiger partial charge in [-0.15, -0.1) is 0 Å². The van der Waals surface area contributed by atoms with Crippen molar-refractivity contribution < 1.29 is 14.6 Å². The molecule has 1 N–H and O–H groups in total. The van der Waals surface area contributed by atoms with Crippen LogP contribution in [0.3, 0.4) is 0 Å². The van der Waals surface area contributed by atoms with Crippen molar-refractivity contribution in [2.24, 2.45) is 5.92 Å². The normalized spacial score (nSPS) is 14.5. The van der Waals surface area contributed by atoms with Crippen molar-refractivity contribution in [2.45, 2.75) is 45.6 Å². The van der Waals surface area contributed by atoms with E-state index in [2.05, 4.69) is 0 Å². The highest BCUT2D eigenvalue weighted by atomic mass is 32.2. The monoisotopic (exact) mass is 248 g/mol. The van der Waals surface area contributed by atoms with Crippen molar-refractivity contribution in [1.82, 2.24) is 0 Å². The first kappa shape index (κ1) is 15.8. The van der Waals surface area contributed by atoms with Crippen LogP contribution in [0.5, 0.6) is 0 Å². The second-order valence-corrected chi connectivity index (χ2v) is 4.84. The van der Waals surface area contributed by atoms with Crippen molar-refractivity contribution in [3.05, 3.63) is 0 Å². The van der Waals surface area contributed by atoms with E-state index in [1.54, 1.807) is 18.7 Å². The van der Waals surface area contributed by atoms with Crippen LogP contribution in [0, 0.1) is 5.92 Å². The smallest absolute Gasteiger partial charge is 0.311 e. The standard InChI is InChI=1S/C12H24O3S/c1-4-7-10(12(14)15-5-2)11(13)8-6-9-16-3/h10-11,13H,4-9H2,1-3H3. The fourth-order valence-electron chi connectivity index (χ4n) is 1.67. The molecule has 0 aliphatic rings. The number of rotatable bonds is 9. The van der Waals surface area contributed by atoms with Crippen LogP contribution in [0.2, 0.25) is 0 Å². The summed E-state index contributed by atoms with van der Waals surface area (Å²) < 4.78 is 4.98. The summed E-state index contributed by atoms with van der Waals surface area (Å²) in [5, 5.41) is 9.95. The van der Waals surface area contributed by atoms with Crippen LogP contribution in [-0.4, -0.2) is 35.8 Å². The van der Waals surface area contributed by atoms with Crippen LogP contribution in [0.25, 0.3) is 0 Å². The minimum Gasteiger partial charge on any atom is -0.466 e. The molecule has 0 heterocycles. The Morgan fingerprint density at radius 2 is 2.06 bits per heavy atom. The lowest BCUT2D eigenvalue weighted by Crippen LogP contribution is -2.30. The van der Waals surface area contributed by atoms with Crippen LogP contribution in [0.15, 0.2) is 0 Å². The molecule has 2 unspecified atom stereocenters. The summed E-state index contributed by atoms with van der Waals surface area (Å²) in [5.74, 6) is 0.437. The Morgan fingerprint density at radius 3 is 2.56 bits per heavy atom. The third-order valence-corrected chi connectivity index (χ3v) is 3.20. The van der Waals surface area contributed by atoms with Gasteiger partial charge in [-0.3, -0.25) is 4.79 Å². The highest BCUT2D eigenvalue weighted by molar-refractivity contribution is 7.98. The Kier molecular flexibility index (Phi) is 9.83. The average molecular weight is 248 g/mol. The van der Waals surface area contributed by atoms with E-state index in [1.807, 2.05) is 13.2 Å². The van der Waals surface area contributed by atoms with Gasteiger partial charge in [0.2, 0.25) is 0 Å². The third-order valence-electron chi connectivity index (χ3n) is 2.50. The van der Waals surface area contributed by atoms with E-state index in [9.17, 15) is 9.90 Å². The van der Waals surface area contributed by atoms with E-state index in [1.165, 1.54) is 0 Å². The van der Waals surface area contributed by atoms with E-state index in [-0.39, 0.29) is 11.9 Å². The summed E-state index contributed by atoms with van der Waals surface area (Å²) >= 11 is 1.76. The molecule has 0 aromatic heterocycles. The van der Waals surface area contributed by atoms with E-state index in [4.69, 9.17) is 4.74 Å². The predicted molar refractivity (Wildman–Crippen MR) is 68.7 cm³/mol. The maximum atomic E-state index is 11.6. The van der Waals surface area contributed by atoms with E-state index in [0.717, 1.165) is 18.6 Å². The molecule has 4 heteroatoms. The number of hydrogen-bond acceptors (Lipinski definition) is 4. The van der Waals surface area contributed by atoms with E-state index in [0.29, 0.717) is 19.4 Å². The van der Waals surface area contributed by atoms with Crippen LogP contribution in [0.4, 0.5) is 0 Å². The van der Waals surface area contributed by atoms with Crippen LogP contribution < -0.4 is 0 Å². The molecule has 3 nitrogen and oxygen atoms in total. The molecule has 0 aromatic carbocycles. The molecule has 16 heavy (non-hydrogen) atoms. The van der Waals surface area contributed by atoms with Crippen molar-refractivity contribution in [3.63, 3.8) is 0 Å². The van der Waals surface area contributed by atoms with Crippen molar-refractivity contribution in [2.75, 3.05) is 18.6 Å². The van der Waals surface area contributed by atoms with Crippen molar-refractivity contribution >= 4 is 17.7 Å². The first-order valence-corrected chi connectivity index (χ1v) is 7.40. The Bertz CT molecular complexity index is 185. The number of ether oxygens (including phenoxy) is 1. The number of thioether (sulfide) groups is 1. The highest BCUT2D eigenvalue weighted by Gasteiger charge is 2.26. The zero-order valence-corrected chi connectivity index (χ0v) is 11.4. The molecule has 0 fully saturated rings. The molecule has 0 amide bonds. The van der Waals surface area contributed by atoms with Gasteiger partial charge in [0, 0.05) is 0 Å². The summed E-state index contributed by atoms with van der Waals surface area (Å²) in [6.07, 6.45) is 4.72. The first-order valence-electron chi connectivity index (χ1n) is 6.00. The van der Waals surface area contributed by atoms with Crippen LogP contribution in [-0.2, 0) is 9.53 Å². The summed E-state index contributed by atoms with van der Waals surface area (Å²) in [4.78, 5) is 11.6. The molecular weight excluding hydrogens is 224 g/mol. The number of carbonyl (C=O) groups is 1. The van der Waals surface area contributed by atoms with Gasteiger partial charge in [0.25, 0.3) is 0 Å². The Hall–Kier alpha value is -0.220. The van der Waals surface area contributed by atoms with E-state index >= 15 is 0 Å². The van der Waals surface area contributed by atoms with Gasteiger partial charge in [-0.05, 0) is 38.2 Å². The lowest BCUT2D eigenvalue weighted by Gasteiger charge is -2.20. The molecule has 0 aliphatic heterocycles. The molecular formula is C12H24O3S. The van der Waals surface area contributed by atoms with Gasteiger partial charge >= 0.3 is 5.97 Å². The molecule has 0 radical (unpaired) electrons. The van der Waals surface area contributed by atoms with Gasteiger partial charge < -0.3 is 9.84 Å². The number of hydrogen-bond donors (Lipinski definition) is 1. The van der Waals surface area contributed by atoms with Gasteiger partial charge in [-0.2, -0.15) is 11.8 Å². The largest absolute Gasteiger partial charge is 0.466 e. The maximum absolute atomic E-state index is 11.6. The summed E-state index contributed by atoms with van der Waals surface area (Å²) in [7, 11) is 0. The number of esters is 1. The Morgan fingerprint density at radius 1 is 1.38 bits per heavy atom. The SMILES string of the molecule is CCCC(C(=O)OCC)C(O)CCCSC. The van der Waals surface area contributed by atoms with Gasteiger partial charge in [-0.25, -0.2) is 0 Å². The zero-order chi connectivity index (χ0) is 12.4. The maximum Gasteiger partial charge on any atom is 0.311 e. The molecule has 0 bridgehead atoms. The molecule has 0 aromatic rings. The molecule has 0 saturated carbocycles. The summed E-state index contributed by atoms with van der Waals surface area (Å²) in [5.41, 5.74) is 0. The molecule has 0 rings (SSSR count). The zero-order valence-electron chi connectivity index (χ0n) is 10.6. The second-order valence-electron chi connectivity index (χ2n) is 3.85.